The van der Waals surface area contributed by atoms with Gasteiger partial charge in [0.15, 0.2) is 11.6 Å². The van der Waals surface area contributed by atoms with Crippen LogP contribution in [0.3, 0.4) is 0 Å². The number of nitrogens with zero attached hydrogens (tertiary/aromatic N) is 2. The van der Waals surface area contributed by atoms with E-state index in [0.29, 0.717) is 18.0 Å². The number of aromatic amines is 1. The Kier molecular flexibility index (Phi) is 7.66. The van der Waals surface area contributed by atoms with Crippen LogP contribution < -0.4 is 0 Å². The average molecular weight is 366 g/mol. The van der Waals surface area contributed by atoms with Crippen LogP contribution >= 0.6 is 11.8 Å². The summed E-state index contributed by atoms with van der Waals surface area (Å²) in [6.07, 6.45) is 10.6. The summed E-state index contributed by atoms with van der Waals surface area (Å²) in [5.41, 5.74) is -0.216. The lowest BCUT2D eigenvalue weighted by atomic mass is 9.76. The van der Waals surface area contributed by atoms with E-state index in [2.05, 4.69) is 22.1 Å². The van der Waals surface area contributed by atoms with Crippen molar-refractivity contribution in [2.45, 2.75) is 95.4 Å². The lowest BCUT2D eigenvalue weighted by Crippen LogP contribution is -2.39. The van der Waals surface area contributed by atoms with Crippen molar-refractivity contribution in [1.29, 1.82) is 0 Å². The summed E-state index contributed by atoms with van der Waals surface area (Å²) < 4.78 is 0. The van der Waals surface area contributed by atoms with Crippen molar-refractivity contribution in [2.24, 2.45) is 5.41 Å². The smallest absolute Gasteiger partial charge is 0.209 e. The predicted octanol–water partition coefficient (Wildman–Crippen LogP) is 4.52. The molecule has 1 aliphatic rings. The SMILES string of the molecule is CCCCCCCCCc1nc(SC2C(=O)CC(C)(C)CC2=O)n[nH]1. The molecule has 1 aromatic rings. The third-order valence-electron chi connectivity index (χ3n) is 4.64. The number of carbonyl (C=O) groups excluding carboxylic acids is 2. The first-order valence-electron chi connectivity index (χ1n) is 9.54. The zero-order valence-corrected chi connectivity index (χ0v) is 16.6. The quantitative estimate of drug-likeness (QED) is 0.487. The van der Waals surface area contributed by atoms with Gasteiger partial charge in [-0.1, -0.05) is 71.1 Å². The van der Waals surface area contributed by atoms with E-state index in [-0.39, 0.29) is 17.0 Å². The van der Waals surface area contributed by atoms with Gasteiger partial charge < -0.3 is 0 Å². The van der Waals surface area contributed by atoms with E-state index in [1.807, 2.05) is 13.8 Å². The number of H-pyrrole nitrogens is 1. The van der Waals surface area contributed by atoms with Gasteiger partial charge in [0.05, 0.1) is 0 Å². The molecule has 0 radical (unpaired) electrons. The number of hydrogen-bond donors (Lipinski definition) is 1. The highest BCUT2D eigenvalue weighted by molar-refractivity contribution is 8.01. The van der Waals surface area contributed by atoms with Crippen molar-refractivity contribution in [3.8, 4) is 0 Å². The van der Waals surface area contributed by atoms with Crippen LogP contribution in [0.15, 0.2) is 5.16 Å². The van der Waals surface area contributed by atoms with Gasteiger partial charge in [-0.3, -0.25) is 14.7 Å². The molecule has 25 heavy (non-hydrogen) atoms. The molecule has 140 valence electrons. The van der Waals surface area contributed by atoms with Crippen LogP contribution in [-0.2, 0) is 16.0 Å². The van der Waals surface area contributed by atoms with Gasteiger partial charge in [-0.25, -0.2) is 4.98 Å². The van der Waals surface area contributed by atoms with Gasteiger partial charge >= 0.3 is 0 Å². The third kappa shape index (κ3) is 6.57. The van der Waals surface area contributed by atoms with Crippen molar-refractivity contribution in [2.75, 3.05) is 0 Å². The molecule has 1 fully saturated rings. The van der Waals surface area contributed by atoms with Crippen molar-refractivity contribution in [3.05, 3.63) is 5.82 Å². The summed E-state index contributed by atoms with van der Waals surface area (Å²) in [6.45, 7) is 6.17. The summed E-state index contributed by atoms with van der Waals surface area (Å²) in [4.78, 5) is 28.9. The zero-order valence-electron chi connectivity index (χ0n) is 15.8. The van der Waals surface area contributed by atoms with E-state index in [4.69, 9.17) is 0 Å². The van der Waals surface area contributed by atoms with Crippen molar-refractivity contribution >= 4 is 23.3 Å². The Bertz CT molecular complexity index is 563. The first kappa shape index (κ1) is 20.1. The van der Waals surface area contributed by atoms with E-state index >= 15 is 0 Å². The molecule has 0 saturated heterocycles. The van der Waals surface area contributed by atoms with Gasteiger partial charge in [0.1, 0.15) is 11.1 Å². The van der Waals surface area contributed by atoms with Crippen molar-refractivity contribution in [1.82, 2.24) is 15.2 Å². The molecule has 1 saturated carbocycles. The minimum atomic E-state index is -0.629. The van der Waals surface area contributed by atoms with E-state index < -0.39 is 5.25 Å². The second kappa shape index (κ2) is 9.51. The topological polar surface area (TPSA) is 75.7 Å². The second-order valence-electron chi connectivity index (χ2n) is 7.88. The van der Waals surface area contributed by atoms with Crippen molar-refractivity contribution in [3.63, 3.8) is 0 Å². The fraction of sp³-hybridized carbons (Fsp3) is 0.789. The molecule has 6 heteroatoms. The lowest BCUT2D eigenvalue weighted by molar-refractivity contribution is -0.132. The third-order valence-corrected chi connectivity index (χ3v) is 5.80. The van der Waals surface area contributed by atoms with E-state index in [1.54, 1.807) is 0 Å². The molecule has 0 atom stereocenters. The van der Waals surface area contributed by atoms with Crippen LogP contribution in [0.4, 0.5) is 0 Å². The number of carbonyl (C=O) groups is 2. The Labute approximate surface area is 155 Å². The van der Waals surface area contributed by atoms with E-state index in [9.17, 15) is 9.59 Å². The first-order chi connectivity index (χ1) is 11.9. The largest absolute Gasteiger partial charge is 0.298 e. The van der Waals surface area contributed by atoms with Crippen LogP contribution in [0.5, 0.6) is 0 Å². The molecular weight excluding hydrogens is 334 g/mol. The Morgan fingerprint density at radius 3 is 2.28 bits per heavy atom. The minimum absolute atomic E-state index is 0.00433. The van der Waals surface area contributed by atoms with Gasteiger partial charge in [-0.15, -0.1) is 5.10 Å². The number of aryl methyl sites for hydroxylation is 1. The average Bonchev–Trinajstić information content (AvgIpc) is 2.97. The zero-order chi connectivity index (χ0) is 18.3. The van der Waals surface area contributed by atoms with Crippen LogP contribution in [0.2, 0.25) is 0 Å². The van der Waals surface area contributed by atoms with Gasteiger partial charge in [0, 0.05) is 19.3 Å². The molecule has 0 spiro atoms. The molecule has 5 nitrogen and oxygen atoms in total. The Balaban J connectivity index is 1.74. The molecule has 0 aromatic carbocycles. The molecule has 0 aliphatic heterocycles. The van der Waals surface area contributed by atoms with Crippen molar-refractivity contribution < 1.29 is 9.59 Å². The van der Waals surface area contributed by atoms with Gasteiger partial charge in [-0.05, 0) is 11.8 Å². The summed E-state index contributed by atoms with van der Waals surface area (Å²) in [5, 5.41) is 7.01. The Morgan fingerprint density at radius 1 is 1.04 bits per heavy atom. The molecular formula is C19H31N3O2S. The standard InChI is InChI=1S/C19H31N3O2S/c1-4-5-6-7-8-9-10-11-16-20-18(22-21-16)25-17-14(23)12-19(2,3)13-15(17)24/h17H,4-13H2,1-3H3,(H,20,21,22). The summed E-state index contributed by atoms with van der Waals surface area (Å²) in [6, 6.07) is 0. The van der Waals surface area contributed by atoms with Gasteiger partial charge in [0.2, 0.25) is 5.16 Å². The first-order valence-corrected chi connectivity index (χ1v) is 10.4. The maximum atomic E-state index is 12.2. The fourth-order valence-corrected chi connectivity index (χ4v) is 4.20. The maximum absolute atomic E-state index is 12.2. The second-order valence-corrected chi connectivity index (χ2v) is 8.96. The normalized spacial score (nSPS) is 18.0. The van der Waals surface area contributed by atoms with Crippen LogP contribution in [-0.4, -0.2) is 32.0 Å². The number of unbranched alkanes of at least 4 members (excludes halogenated alkanes) is 6. The molecule has 1 aromatic heterocycles. The number of ketones is 2. The summed E-state index contributed by atoms with van der Waals surface area (Å²) in [5.74, 6) is 0.862. The highest BCUT2D eigenvalue weighted by Gasteiger charge is 2.40. The number of aromatic nitrogens is 3. The summed E-state index contributed by atoms with van der Waals surface area (Å²) in [7, 11) is 0. The highest BCUT2D eigenvalue weighted by atomic mass is 32.2. The number of nitrogens with one attached hydrogen (secondary N) is 1. The molecule has 1 N–H and O–H groups in total. The van der Waals surface area contributed by atoms with E-state index in [0.717, 1.165) is 18.7 Å². The molecule has 0 amide bonds. The highest BCUT2D eigenvalue weighted by Crippen LogP contribution is 2.37. The number of hydrogen-bond acceptors (Lipinski definition) is 5. The number of thioether (sulfide) groups is 1. The van der Waals surface area contributed by atoms with E-state index in [1.165, 1.54) is 50.3 Å². The molecule has 0 bridgehead atoms. The molecule has 1 aliphatic carbocycles. The minimum Gasteiger partial charge on any atom is -0.298 e. The van der Waals surface area contributed by atoms with Gasteiger partial charge in [0.25, 0.3) is 0 Å². The predicted molar refractivity (Wildman–Crippen MR) is 101 cm³/mol. The monoisotopic (exact) mass is 365 g/mol. The van der Waals surface area contributed by atoms with Gasteiger partial charge in [-0.2, -0.15) is 0 Å². The number of Topliss-reactive ketones (excluding diaryl/α,β-unsaturated/α-hetero) is 2. The molecule has 1 heterocycles. The molecule has 0 unspecified atom stereocenters. The Hall–Kier alpha value is -1.17. The number of rotatable bonds is 10. The van der Waals surface area contributed by atoms with Crippen LogP contribution in [0.1, 0.15) is 84.4 Å². The maximum Gasteiger partial charge on any atom is 0.209 e. The Morgan fingerprint density at radius 2 is 1.64 bits per heavy atom. The van der Waals surface area contributed by atoms with Crippen LogP contribution in [0, 0.1) is 5.41 Å². The summed E-state index contributed by atoms with van der Waals surface area (Å²) >= 11 is 1.20. The lowest BCUT2D eigenvalue weighted by Gasteiger charge is -2.31. The molecule has 2 rings (SSSR count). The fourth-order valence-electron chi connectivity index (χ4n) is 3.30. The van der Waals surface area contributed by atoms with Crippen LogP contribution in [0.25, 0.3) is 0 Å².